The molecule has 0 rings (SSSR count). The van der Waals surface area contributed by atoms with Crippen LogP contribution in [-0.4, -0.2) is 32.7 Å². The number of hydroxylamine groups is 2. The maximum Gasteiger partial charge on any atom is 0.257 e. The van der Waals surface area contributed by atoms with E-state index < -0.39 is 22.3 Å². The van der Waals surface area contributed by atoms with Gasteiger partial charge in [-0.3, -0.25) is 20.0 Å². The predicted octanol–water partition coefficient (Wildman–Crippen LogP) is 2.50. The molecule has 0 bridgehead atoms. The molecule has 6 nitrogen and oxygen atoms in total. The first kappa shape index (κ1) is 19.6. The summed E-state index contributed by atoms with van der Waals surface area (Å²) in [6.07, 6.45) is 4.94. The molecule has 0 saturated carbocycles. The fraction of sp³-hybridized carbons (Fsp3) is 0.833. The Bertz CT molecular complexity index is 265. The highest BCUT2D eigenvalue weighted by Gasteiger charge is 2.24. The Morgan fingerprint density at radius 3 is 1.50 bits per heavy atom. The first-order valence-electron chi connectivity index (χ1n) is 6.80. The fourth-order valence-electron chi connectivity index (χ4n) is 1.50. The van der Waals surface area contributed by atoms with E-state index in [-0.39, 0.29) is 0 Å². The van der Waals surface area contributed by atoms with Gasteiger partial charge in [0.15, 0.2) is 0 Å². The second-order valence-electron chi connectivity index (χ2n) is 4.41. The van der Waals surface area contributed by atoms with Crippen molar-refractivity contribution < 1.29 is 20.0 Å². The molecule has 0 aliphatic heterocycles. The molecule has 0 fully saturated rings. The van der Waals surface area contributed by atoms with Gasteiger partial charge in [-0.05, 0) is 12.8 Å². The molecular formula is C12H24N2O4S2. The fourth-order valence-corrected chi connectivity index (χ4v) is 4.48. The second kappa shape index (κ2) is 12.3. The maximum absolute atomic E-state index is 11.5. The van der Waals surface area contributed by atoms with Crippen LogP contribution in [0.15, 0.2) is 0 Å². The van der Waals surface area contributed by atoms with Gasteiger partial charge in [-0.2, -0.15) is 0 Å². The third-order valence-corrected chi connectivity index (χ3v) is 5.94. The van der Waals surface area contributed by atoms with E-state index in [0.717, 1.165) is 25.7 Å². The van der Waals surface area contributed by atoms with Crippen LogP contribution in [0.2, 0.25) is 0 Å². The molecule has 0 radical (unpaired) electrons. The van der Waals surface area contributed by atoms with Gasteiger partial charge in [-0.15, -0.1) is 0 Å². The Morgan fingerprint density at radius 2 is 1.25 bits per heavy atom. The first-order chi connectivity index (χ1) is 9.60. The van der Waals surface area contributed by atoms with Gasteiger partial charge in [0.1, 0.15) is 0 Å². The van der Waals surface area contributed by atoms with Crippen molar-refractivity contribution in [3.8, 4) is 0 Å². The molecule has 0 heterocycles. The molecule has 118 valence electrons. The average Bonchev–Trinajstić information content (AvgIpc) is 2.48. The van der Waals surface area contributed by atoms with Crippen LogP contribution < -0.4 is 11.0 Å². The monoisotopic (exact) mass is 324 g/mol. The molecule has 0 aliphatic rings. The Morgan fingerprint density at radius 1 is 0.900 bits per heavy atom. The standard InChI is InChI=1S/C12H24N2O4S2/c1-3-5-7-9(11(15)13-17)19-20-10(8-6-4-2)12(16)14-18/h9-10,17-18H,3-8H2,1-2H3,(H,13,15)(H,14,16). The van der Waals surface area contributed by atoms with Crippen LogP contribution in [0.5, 0.6) is 0 Å². The van der Waals surface area contributed by atoms with Crippen molar-refractivity contribution in [2.45, 2.75) is 62.9 Å². The first-order valence-corrected chi connectivity index (χ1v) is 9.08. The number of hydrogen-bond donors (Lipinski definition) is 4. The molecule has 2 amide bonds. The van der Waals surface area contributed by atoms with E-state index >= 15 is 0 Å². The van der Waals surface area contributed by atoms with Gasteiger partial charge in [-0.25, -0.2) is 11.0 Å². The van der Waals surface area contributed by atoms with Crippen molar-refractivity contribution in [2.75, 3.05) is 0 Å². The molecule has 0 aliphatic carbocycles. The van der Waals surface area contributed by atoms with E-state index in [1.165, 1.54) is 21.6 Å². The van der Waals surface area contributed by atoms with E-state index in [1.54, 1.807) is 11.0 Å². The normalized spacial score (nSPS) is 13.6. The van der Waals surface area contributed by atoms with Crippen LogP contribution in [0, 0.1) is 0 Å². The van der Waals surface area contributed by atoms with E-state index in [2.05, 4.69) is 0 Å². The molecule has 0 aromatic heterocycles. The molecule has 2 atom stereocenters. The number of carbonyl (C=O) groups excluding carboxylic acids is 2. The zero-order valence-electron chi connectivity index (χ0n) is 11.9. The molecule has 20 heavy (non-hydrogen) atoms. The molecule has 0 aromatic rings. The Kier molecular flexibility index (Phi) is 12.0. The quantitative estimate of drug-likeness (QED) is 0.265. The largest absolute Gasteiger partial charge is 0.289 e. The summed E-state index contributed by atoms with van der Waals surface area (Å²) in [6.45, 7) is 4.05. The summed E-state index contributed by atoms with van der Waals surface area (Å²) in [5.41, 5.74) is 3.32. The topological polar surface area (TPSA) is 98.7 Å². The maximum atomic E-state index is 11.5. The lowest BCUT2D eigenvalue weighted by atomic mass is 10.2. The summed E-state index contributed by atoms with van der Waals surface area (Å²) < 4.78 is 0. The molecule has 8 heteroatoms. The summed E-state index contributed by atoms with van der Waals surface area (Å²) in [5, 5.41) is 16.6. The number of hydrogen-bond acceptors (Lipinski definition) is 6. The van der Waals surface area contributed by atoms with Crippen molar-refractivity contribution in [1.82, 2.24) is 11.0 Å². The summed E-state index contributed by atoms with van der Waals surface area (Å²) in [6, 6.07) is 0. The predicted molar refractivity (Wildman–Crippen MR) is 81.7 cm³/mol. The average molecular weight is 324 g/mol. The van der Waals surface area contributed by atoms with E-state index in [9.17, 15) is 9.59 Å². The van der Waals surface area contributed by atoms with Crippen molar-refractivity contribution in [3.63, 3.8) is 0 Å². The summed E-state index contributed by atoms with van der Waals surface area (Å²) in [7, 11) is 2.54. The van der Waals surface area contributed by atoms with Gasteiger partial charge in [0.05, 0.1) is 10.5 Å². The minimum atomic E-state index is -0.449. The third-order valence-electron chi connectivity index (χ3n) is 2.73. The second-order valence-corrected chi connectivity index (χ2v) is 7.08. The van der Waals surface area contributed by atoms with E-state index in [0.29, 0.717) is 12.8 Å². The number of rotatable bonds is 11. The van der Waals surface area contributed by atoms with E-state index in [1.807, 2.05) is 13.8 Å². The van der Waals surface area contributed by atoms with Crippen LogP contribution in [-0.2, 0) is 9.59 Å². The van der Waals surface area contributed by atoms with Crippen molar-refractivity contribution in [2.24, 2.45) is 0 Å². The molecule has 2 unspecified atom stereocenters. The van der Waals surface area contributed by atoms with Gasteiger partial charge < -0.3 is 0 Å². The summed E-state index contributed by atoms with van der Waals surface area (Å²) >= 11 is 0. The van der Waals surface area contributed by atoms with Crippen LogP contribution in [0.3, 0.4) is 0 Å². The van der Waals surface area contributed by atoms with Gasteiger partial charge in [-0.1, -0.05) is 61.1 Å². The minimum Gasteiger partial charge on any atom is -0.289 e. The lowest BCUT2D eigenvalue weighted by molar-refractivity contribution is -0.129. The molecule has 0 saturated heterocycles. The van der Waals surface area contributed by atoms with Crippen molar-refractivity contribution in [1.29, 1.82) is 0 Å². The van der Waals surface area contributed by atoms with Crippen molar-refractivity contribution >= 4 is 33.4 Å². The van der Waals surface area contributed by atoms with Gasteiger partial charge in [0, 0.05) is 0 Å². The van der Waals surface area contributed by atoms with Crippen LogP contribution in [0.1, 0.15) is 52.4 Å². The zero-order valence-corrected chi connectivity index (χ0v) is 13.6. The van der Waals surface area contributed by atoms with E-state index in [4.69, 9.17) is 10.4 Å². The number of nitrogens with one attached hydrogen (secondary N) is 2. The number of unbranched alkanes of at least 4 members (excludes halogenated alkanes) is 2. The molecule has 0 spiro atoms. The van der Waals surface area contributed by atoms with Crippen LogP contribution in [0.25, 0.3) is 0 Å². The SMILES string of the molecule is CCCCC(SSC(CCCC)C(=O)NO)C(=O)NO. The van der Waals surface area contributed by atoms with Gasteiger partial charge >= 0.3 is 0 Å². The zero-order chi connectivity index (χ0) is 15.4. The summed E-state index contributed by atoms with van der Waals surface area (Å²) in [4.78, 5) is 23.1. The van der Waals surface area contributed by atoms with Crippen molar-refractivity contribution in [3.05, 3.63) is 0 Å². The number of amides is 2. The molecular weight excluding hydrogens is 300 g/mol. The third kappa shape index (κ3) is 7.98. The van der Waals surface area contributed by atoms with Crippen LogP contribution in [0.4, 0.5) is 0 Å². The Balaban J connectivity index is 4.43. The highest BCUT2D eigenvalue weighted by Crippen LogP contribution is 2.35. The Hall–Kier alpha value is -0.440. The minimum absolute atomic E-state index is 0.402. The lowest BCUT2D eigenvalue weighted by Gasteiger charge is -2.17. The lowest BCUT2D eigenvalue weighted by Crippen LogP contribution is -2.32. The smallest absolute Gasteiger partial charge is 0.257 e. The van der Waals surface area contributed by atoms with Gasteiger partial charge in [0.2, 0.25) is 0 Å². The highest BCUT2D eigenvalue weighted by atomic mass is 33.1. The molecule has 0 aromatic carbocycles. The van der Waals surface area contributed by atoms with Crippen LogP contribution >= 0.6 is 21.6 Å². The summed E-state index contributed by atoms with van der Waals surface area (Å²) in [5.74, 6) is -0.899. The highest BCUT2D eigenvalue weighted by molar-refractivity contribution is 8.77. The number of carbonyl (C=O) groups is 2. The van der Waals surface area contributed by atoms with Gasteiger partial charge in [0.25, 0.3) is 11.8 Å². The Labute approximate surface area is 127 Å². The molecule has 4 N–H and O–H groups in total.